The van der Waals surface area contributed by atoms with Crippen LogP contribution < -0.4 is 10.1 Å². The van der Waals surface area contributed by atoms with Gasteiger partial charge in [-0.1, -0.05) is 12.1 Å². The highest BCUT2D eigenvalue weighted by molar-refractivity contribution is 5.81. The average molecular weight is 384 g/mol. The average Bonchev–Trinajstić information content (AvgIpc) is 3.07. The van der Waals surface area contributed by atoms with E-state index in [-0.39, 0.29) is 5.75 Å². The Hall–Kier alpha value is -3.55. The summed E-state index contributed by atoms with van der Waals surface area (Å²) in [6.07, 6.45) is -3.28. The second-order valence-corrected chi connectivity index (χ2v) is 6.16. The zero-order valence-corrected chi connectivity index (χ0v) is 14.7. The second kappa shape index (κ2) is 6.88. The molecule has 8 heteroatoms. The molecule has 0 aliphatic heterocycles. The third-order valence-corrected chi connectivity index (χ3v) is 4.12. The molecule has 0 radical (unpaired) electrons. The number of H-pyrrole nitrogens is 1. The van der Waals surface area contributed by atoms with Crippen LogP contribution in [0.15, 0.2) is 60.8 Å². The first-order valence-electron chi connectivity index (χ1n) is 8.42. The molecule has 142 valence electrons. The number of hydrogen-bond donors (Lipinski definition) is 2. The van der Waals surface area contributed by atoms with E-state index in [4.69, 9.17) is 4.74 Å². The number of para-hydroxylation sites is 1. The number of fused-ring (bicyclic) bond motifs is 1. The summed E-state index contributed by atoms with van der Waals surface area (Å²) in [4.78, 5) is 11.4. The standard InChI is InChI=1S/C20H15F3N4O/c1-12-4-2-6-16-17(12)27-19(26-16)25-13-7-9-14(10-8-13)28-18-15(20(21,22)23)5-3-11-24-18/h2-11H,1H3,(H2,25,26,27). The van der Waals surface area contributed by atoms with Gasteiger partial charge in [-0.25, -0.2) is 9.97 Å². The number of nitrogens with zero attached hydrogens (tertiary/aromatic N) is 2. The maximum absolute atomic E-state index is 13.0. The topological polar surface area (TPSA) is 62.8 Å². The number of aryl methyl sites for hydroxylation is 1. The molecule has 0 aliphatic carbocycles. The van der Waals surface area contributed by atoms with Crippen molar-refractivity contribution in [2.45, 2.75) is 13.1 Å². The van der Waals surface area contributed by atoms with Gasteiger partial charge in [-0.05, 0) is 55.0 Å². The molecule has 2 heterocycles. The Morgan fingerprint density at radius 1 is 1.00 bits per heavy atom. The van der Waals surface area contributed by atoms with E-state index in [1.165, 1.54) is 12.3 Å². The van der Waals surface area contributed by atoms with Crippen molar-refractivity contribution < 1.29 is 17.9 Å². The SMILES string of the molecule is Cc1cccc2[nH]c(Nc3ccc(Oc4ncccc4C(F)(F)F)cc3)nc12. The quantitative estimate of drug-likeness (QED) is 0.465. The molecule has 0 unspecified atom stereocenters. The van der Waals surface area contributed by atoms with Crippen molar-refractivity contribution in [2.24, 2.45) is 0 Å². The lowest BCUT2D eigenvalue weighted by Crippen LogP contribution is -2.08. The van der Waals surface area contributed by atoms with Crippen LogP contribution >= 0.6 is 0 Å². The van der Waals surface area contributed by atoms with E-state index in [1.807, 2.05) is 25.1 Å². The van der Waals surface area contributed by atoms with E-state index in [0.29, 0.717) is 11.6 Å². The van der Waals surface area contributed by atoms with Crippen LogP contribution in [0.2, 0.25) is 0 Å². The Morgan fingerprint density at radius 3 is 2.50 bits per heavy atom. The summed E-state index contributed by atoms with van der Waals surface area (Å²) in [5, 5.41) is 3.13. The molecule has 0 aliphatic rings. The van der Waals surface area contributed by atoms with E-state index in [1.54, 1.807) is 24.3 Å². The van der Waals surface area contributed by atoms with Gasteiger partial charge >= 0.3 is 6.18 Å². The number of benzene rings is 2. The maximum Gasteiger partial charge on any atom is 0.421 e. The lowest BCUT2D eigenvalue weighted by atomic mass is 10.2. The van der Waals surface area contributed by atoms with Gasteiger partial charge in [0.1, 0.15) is 11.3 Å². The molecule has 28 heavy (non-hydrogen) atoms. The van der Waals surface area contributed by atoms with Gasteiger partial charge in [-0.2, -0.15) is 13.2 Å². The minimum atomic E-state index is -4.54. The molecule has 0 bridgehead atoms. The Labute approximate surface area is 158 Å². The number of alkyl halides is 3. The third kappa shape index (κ3) is 3.62. The maximum atomic E-state index is 13.0. The molecular formula is C20H15F3N4O. The fraction of sp³-hybridized carbons (Fsp3) is 0.100. The summed E-state index contributed by atoms with van der Waals surface area (Å²) in [5.74, 6) is 0.334. The summed E-state index contributed by atoms with van der Waals surface area (Å²) >= 11 is 0. The van der Waals surface area contributed by atoms with Gasteiger partial charge in [0.2, 0.25) is 11.8 Å². The Kier molecular flexibility index (Phi) is 4.38. The lowest BCUT2D eigenvalue weighted by molar-refractivity contribution is -0.138. The van der Waals surface area contributed by atoms with Crippen molar-refractivity contribution in [3.05, 3.63) is 71.9 Å². The van der Waals surface area contributed by atoms with Gasteiger partial charge in [0, 0.05) is 11.9 Å². The second-order valence-electron chi connectivity index (χ2n) is 6.16. The van der Waals surface area contributed by atoms with E-state index in [0.717, 1.165) is 22.7 Å². The van der Waals surface area contributed by atoms with Crippen LogP contribution in [0.5, 0.6) is 11.6 Å². The molecule has 0 atom stereocenters. The highest BCUT2D eigenvalue weighted by Crippen LogP contribution is 2.36. The fourth-order valence-corrected chi connectivity index (χ4v) is 2.78. The third-order valence-electron chi connectivity index (χ3n) is 4.12. The van der Waals surface area contributed by atoms with Crippen molar-refractivity contribution in [1.82, 2.24) is 15.0 Å². The van der Waals surface area contributed by atoms with Crippen molar-refractivity contribution in [1.29, 1.82) is 0 Å². The number of aromatic amines is 1. The molecule has 4 rings (SSSR count). The summed E-state index contributed by atoms with van der Waals surface area (Å²) in [7, 11) is 0. The van der Waals surface area contributed by atoms with E-state index in [2.05, 4.69) is 20.3 Å². The lowest BCUT2D eigenvalue weighted by Gasteiger charge is -2.12. The highest BCUT2D eigenvalue weighted by Gasteiger charge is 2.35. The molecule has 5 nitrogen and oxygen atoms in total. The van der Waals surface area contributed by atoms with E-state index in [9.17, 15) is 13.2 Å². The Bertz CT molecular complexity index is 1120. The van der Waals surface area contributed by atoms with Crippen molar-refractivity contribution in [2.75, 3.05) is 5.32 Å². The molecule has 0 saturated carbocycles. The number of halogens is 3. The van der Waals surface area contributed by atoms with Crippen LogP contribution in [0, 0.1) is 6.92 Å². The zero-order valence-electron chi connectivity index (χ0n) is 14.7. The molecular weight excluding hydrogens is 369 g/mol. The molecule has 0 amide bonds. The summed E-state index contributed by atoms with van der Waals surface area (Å²) in [5.41, 5.74) is 2.63. The van der Waals surface area contributed by atoms with Gasteiger partial charge in [-0.3, -0.25) is 0 Å². The van der Waals surface area contributed by atoms with E-state index >= 15 is 0 Å². The van der Waals surface area contributed by atoms with Gasteiger partial charge < -0.3 is 15.0 Å². The number of rotatable bonds is 4. The monoisotopic (exact) mass is 384 g/mol. The van der Waals surface area contributed by atoms with Gasteiger partial charge in [-0.15, -0.1) is 0 Å². The first-order valence-corrected chi connectivity index (χ1v) is 8.42. The molecule has 2 aromatic carbocycles. The van der Waals surface area contributed by atoms with Crippen molar-refractivity contribution in [3.8, 4) is 11.6 Å². The smallest absolute Gasteiger partial charge is 0.421 e. The minimum absolute atomic E-state index is 0.246. The number of aromatic nitrogens is 3. The van der Waals surface area contributed by atoms with Crippen LogP contribution in [-0.2, 0) is 6.18 Å². The number of nitrogens with one attached hydrogen (secondary N) is 2. The first-order chi connectivity index (χ1) is 13.4. The predicted octanol–water partition coefficient (Wildman–Crippen LogP) is 5.82. The Morgan fingerprint density at radius 2 is 1.79 bits per heavy atom. The highest BCUT2D eigenvalue weighted by atomic mass is 19.4. The van der Waals surface area contributed by atoms with Gasteiger partial charge in [0.05, 0.1) is 11.0 Å². The zero-order chi connectivity index (χ0) is 19.7. The number of imidazole rings is 1. The number of pyridine rings is 1. The fourth-order valence-electron chi connectivity index (χ4n) is 2.78. The minimum Gasteiger partial charge on any atom is -0.438 e. The predicted molar refractivity (Wildman–Crippen MR) is 99.9 cm³/mol. The number of hydrogen-bond acceptors (Lipinski definition) is 4. The number of ether oxygens (including phenoxy) is 1. The molecule has 0 saturated heterocycles. The Balaban J connectivity index is 1.52. The largest absolute Gasteiger partial charge is 0.438 e. The van der Waals surface area contributed by atoms with Gasteiger partial charge in [0.15, 0.2) is 0 Å². The van der Waals surface area contributed by atoms with Crippen LogP contribution in [-0.4, -0.2) is 15.0 Å². The summed E-state index contributed by atoms with van der Waals surface area (Å²) in [6.45, 7) is 1.98. The molecule has 2 aromatic heterocycles. The van der Waals surface area contributed by atoms with Gasteiger partial charge in [0.25, 0.3) is 0 Å². The van der Waals surface area contributed by atoms with Crippen molar-refractivity contribution >= 4 is 22.7 Å². The first kappa shape index (κ1) is 17.8. The van der Waals surface area contributed by atoms with Crippen LogP contribution in [0.25, 0.3) is 11.0 Å². The number of anilines is 2. The van der Waals surface area contributed by atoms with Crippen LogP contribution in [0.3, 0.4) is 0 Å². The van der Waals surface area contributed by atoms with Crippen LogP contribution in [0.1, 0.15) is 11.1 Å². The summed E-state index contributed by atoms with van der Waals surface area (Å²) < 4.78 is 44.4. The molecule has 0 spiro atoms. The molecule has 0 fully saturated rings. The normalized spacial score (nSPS) is 11.6. The van der Waals surface area contributed by atoms with E-state index < -0.39 is 17.6 Å². The van der Waals surface area contributed by atoms with Crippen LogP contribution in [0.4, 0.5) is 24.8 Å². The molecule has 2 N–H and O–H groups in total. The molecule has 4 aromatic rings. The van der Waals surface area contributed by atoms with Crippen molar-refractivity contribution in [3.63, 3.8) is 0 Å². The summed E-state index contributed by atoms with van der Waals surface area (Å²) in [6, 6.07) is 14.5.